The summed E-state index contributed by atoms with van der Waals surface area (Å²) in [5.74, 6) is 0.566. The molecule has 130 valence electrons. The first-order chi connectivity index (χ1) is 11.6. The van der Waals surface area contributed by atoms with E-state index in [-0.39, 0.29) is 24.9 Å². The van der Waals surface area contributed by atoms with E-state index in [1.807, 2.05) is 18.2 Å². The molecule has 1 aliphatic rings. The van der Waals surface area contributed by atoms with Crippen molar-refractivity contribution in [1.29, 1.82) is 0 Å². The van der Waals surface area contributed by atoms with Gasteiger partial charge in [-0.3, -0.25) is 9.59 Å². The Hall–Kier alpha value is -2.30. The molecule has 0 atom stereocenters. The fourth-order valence-corrected chi connectivity index (χ4v) is 2.68. The lowest BCUT2D eigenvalue weighted by Crippen LogP contribution is -2.11. The lowest BCUT2D eigenvalue weighted by molar-refractivity contribution is -0.144. The first kappa shape index (κ1) is 18.0. The van der Waals surface area contributed by atoms with Gasteiger partial charge in [0.05, 0.1) is 19.8 Å². The molecule has 0 heterocycles. The average molecular weight is 332 g/mol. The van der Waals surface area contributed by atoms with Crippen LogP contribution in [0.25, 0.3) is 6.08 Å². The Bertz CT molecular complexity index is 600. The molecule has 24 heavy (non-hydrogen) atoms. The number of benzene rings is 1. The third-order valence-electron chi connectivity index (χ3n) is 3.87. The topological polar surface area (TPSA) is 61.8 Å². The summed E-state index contributed by atoms with van der Waals surface area (Å²) >= 11 is 0. The predicted octanol–water partition coefficient (Wildman–Crippen LogP) is 3.55. The Kier molecular flexibility index (Phi) is 6.85. The molecule has 0 saturated heterocycles. The number of allylic oxidation sites excluding steroid dienone is 1. The minimum atomic E-state index is -0.507. The maximum absolute atomic E-state index is 11.7. The lowest BCUT2D eigenvalue weighted by Gasteiger charge is -2.16. The fourth-order valence-electron chi connectivity index (χ4n) is 2.68. The molecule has 1 aromatic carbocycles. The first-order valence-electron chi connectivity index (χ1n) is 8.33. The minimum absolute atomic E-state index is 0.226. The van der Waals surface area contributed by atoms with Gasteiger partial charge < -0.3 is 14.2 Å². The molecule has 0 aromatic heterocycles. The first-order valence-corrected chi connectivity index (χ1v) is 8.33. The van der Waals surface area contributed by atoms with E-state index in [4.69, 9.17) is 14.2 Å². The number of methoxy groups -OCH3 is 1. The van der Waals surface area contributed by atoms with E-state index in [0.717, 1.165) is 18.4 Å². The van der Waals surface area contributed by atoms with E-state index in [2.05, 4.69) is 0 Å². The zero-order valence-electron chi connectivity index (χ0n) is 14.2. The van der Waals surface area contributed by atoms with Gasteiger partial charge in [0, 0.05) is 0 Å². The highest BCUT2D eigenvalue weighted by atomic mass is 16.5. The van der Waals surface area contributed by atoms with Gasteiger partial charge in [0.1, 0.15) is 6.42 Å². The highest BCUT2D eigenvalue weighted by molar-refractivity contribution is 6.03. The molecule has 0 aliphatic heterocycles. The second kappa shape index (κ2) is 9.11. The molecule has 1 fully saturated rings. The van der Waals surface area contributed by atoms with E-state index < -0.39 is 5.97 Å². The second-order valence-corrected chi connectivity index (χ2v) is 5.72. The number of esters is 1. The average Bonchev–Trinajstić information content (AvgIpc) is 3.06. The fraction of sp³-hybridized carbons (Fsp3) is 0.474. The van der Waals surface area contributed by atoms with Crippen LogP contribution in [0.2, 0.25) is 0 Å². The van der Waals surface area contributed by atoms with Crippen molar-refractivity contribution in [3.8, 4) is 11.5 Å². The standard InChI is InChI=1S/C19H24O5/c1-3-23-19(21)13-15(20)10-8-14-9-11-17(22-2)18(12-14)24-16-6-4-5-7-16/h8-12,16H,3-7,13H2,1-2H3. The van der Waals surface area contributed by atoms with Crippen LogP contribution < -0.4 is 9.47 Å². The van der Waals surface area contributed by atoms with Gasteiger partial charge in [-0.2, -0.15) is 0 Å². The van der Waals surface area contributed by atoms with Crippen molar-refractivity contribution >= 4 is 17.8 Å². The van der Waals surface area contributed by atoms with Gasteiger partial charge >= 0.3 is 5.97 Å². The molecule has 5 heteroatoms. The van der Waals surface area contributed by atoms with Gasteiger partial charge in [0.25, 0.3) is 0 Å². The van der Waals surface area contributed by atoms with Crippen molar-refractivity contribution in [3.05, 3.63) is 29.8 Å². The van der Waals surface area contributed by atoms with E-state index in [0.29, 0.717) is 11.5 Å². The summed E-state index contributed by atoms with van der Waals surface area (Å²) in [5.41, 5.74) is 0.820. The molecule has 1 saturated carbocycles. The quantitative estimate of drug-likeness (QED) is 0.414. The van der Waals surface area contributed by atoms with Crippen LogP contribution in [0.1, 0.15) is 44.6 Å². The highest BCUT2D eigenvalue weighted by Crippen LogP contribution is 2.32. The van der Waals surface area contributed by atoms with Crippen molar-refractivity contribution in [3.63, 3.8) is 0 Å². The van der Waals surface area contributed by atoms with Crippen molar-refractivity contribution < 1.29 is 23.8 Å². The molecule has 2 rings (SSSR count). The Morgan fingerprint density at radius 3 is 2.62 bits per heavy atom. The molecule has 1 aromatic rings. The largest absolute Gasteiger partial charge is 0.493 e. The zero-order chi connectivity index (χ0) is 17.4. The molecular formula is C19H24O5. The van der Waals surface area contributed by atoms with Crippen molar-refractivity contribution in [2.45, 2.75) is 45.1 Å². The van der Waals surface area contributed by atoms with Crippen molar-refractivity contribution in [2.24, 2.45) is 0 Å². The van der Waals surface area contributed by atoms with Crippen LogP contribution >= 0.6 is 0 Å². The zero-order valence-corrected chi connectivity index (χ0v) is 14.2. The minimum Gasteiger partial charge on any atom is -0.493 e. The van der Waals surface area contributed by atoms with E-state index in [1.54, 1.807) is 20.1 Å². The van der Waals surface area contributed by atoms with Gasteiger partial charge in [0.15, 0.2) is 17.3 Å². The molecule has 1 aliphatic carbocycles. The number of hydrogen-bond acceptors (Lipinski definition) is 5. The number of carbonyl (C=O) groups is 2. The molecule has 0 unspecified atom stereocenters. The van der Waals surface area contributed by atoms with Crippen LogP contribution in [0.3, 0.4) is 0 Å². The highest BCUT2D eigenvalue weighted by Gasteiger charge is 2.18. The molecule has 5 nitrogen and oxygen atoms in total. The molecule has 0 radical (unpaired) electrons. The summed E-state index contributed by atoms with van der Waals surface area (Å²) in [6.45, 7) is 1.98. The van der Waals surface area contributed by atoms with Crippen LogP contribution in [0.5, 0.6) is 11.5 Å². The summed E-state index contributed by atoms with van der Waals surface area (Å²) in [6, 6.07) is 5.51. The summed E-state index contributed by atoms with van der Waals surface area (Å²) < 4.78 is 16.1. The van der Waals surface area contributed by atoms with Crippen LogP contribution in [0.15, 0.2) is 24.3 Å². The number of ketones is 1. The summed E-state index contributed by atoms with van der Waals surface area (Å²) in [5, 5.41) is 0. The van der Waals surface area contributed by atoms with Gasteiger partial charge in [-0.15, -0.1) is 0 Å². The molecule has 0 N–H and O–H groups in total. The van der Waals surface area contributed by atoms with Crippen molar-refractivity contribution in [2.75, 3.05) is 13.7 Å². The summed E-state index contributed by atoms with van der Waals surface area (Å²) in [6.07, 6.45) is 7.53. The SMILES string of the molecule is CCOC(=O)CC(=O)C=Cc1ccc(OC)c(OC2CCCC2)c1. The Morgan fingerprint density at radius 1 is 1.21 bits per heavy atom. The lowest BCUT2D eigenvalue weighted by atomic mass is 10.1. The van der Waals surface area contributed by atoms with Crippen LogP contribution in [-0.4, -0.2) is 31.6 Å². The van der Waals surface area contributed by atoms with Gasteiger partial charge in [-0.25, -0.2) is 0 Å². The van der Waals surface area contributed by atoms with E-state index in [9.17, 15) is 9.59 Å². The normalized spacial score (nSPS) is 14.8. The van der Waals surface area contributed by atoms with Crippen LogP contribution in [-0.2, 0) is 14.3 Å². The number of ether oxygens (including phenoxy) is 3. The number of carbonyl (C=O) groups excluding carboxylic acids is 2. The molecular weight excluding hydrogens is 308 g/mol. The van der Waals surface area contributed by atoms with Crippen molar-refractivity contribution in [1.82, 2.24) is 0 Å². The molecule has 0 spiro atoms. The maximum Gasteiger partial charge on any atom is 0.313 e. The third kappa shape index (κ3) is 5.41. The second-order valence-electron chi connectivity index (χ2n) is 5.72. The van der Waals surface area contributed by atoms with Crippen LogP contribution in [0.4, 0.5) is 0 Å². The Labute approximate surface area is 142 Å². The Balaban J connectivity index is 2.02. The van der Waals surface area contributed by atoms with E-state index >= 15 is 0 Å². The van der Waals surface area contributed by atoms with Crippen LogP contribution in [0, 0.1) is 0 Å². The third-order valence-corrected chi connectivity index (χ3v) is 3.87. The van der Waals surface area contributed by atoms with Gasteiger partial charge in [-0.05, 0) is 56.4 Å². The number of rotatable bonds is 8. The maximum atomic E-state index is 11.7. The Morgan fingerprint density at radius 2 is 1.96 bits per heavy atom. The molecule has 0 amide bonds. The number of hydrogen-bond donors (Lipinski definition) is 0. The predicted molar refractivity (Wildman–Crippen MR) is 91.2 cm³/mol. The smallest absolute Gasteiger partial charge is 0.313 e. The summed E-state index contributed by atoms with van der Waals surface area (Å²) in [4.78, 5) is 23.0. The molecule has 0 bridgehead atoms. The summed E-state index contributed by atoms with van der Waals surface area (Å²) in [7, 11) is 1.61. The van der Waals surface area contributed by atoms with Gasteiger partial charge in [0.2, 0.25) is 0 Å². The monoisotopic (exact) mass is 332 g/mol. The van der Waals surface area contributed by atoms with Gasteiger partial charge in [-0.1, -0.05) is 12.1 Å². The van der Waals surface area contributed by atoms with E-state index in [1.165, 1.54) is 18.9 Å².